The average Bonchev–Trinajstić information content (AvgIpc) is 2.91. The zero-order chi connectivity index (χ0) is 18.7. The van der Waals surface area contributed by atoms with Gasteiger partial charge in [-0.2, -0.15) is 5.26 Å². The lowest BCUT2D eigenvalue weighted by molar-refractivity contribution is 0.0912. The first kappa shape index (κ1) is 19.1. The molecule has 0 N–H and O–H groups in total. The Kier molecular flexibility index (Phi) is 5.80. The lowest BCUT2D eigenvalue weighted by Gasteiger charge is -2.17. The van der Waals surface area contributed by atoms with Crippen LogP contribution in [0.25, 0.3) is 22.2 Å². The van der Waals surface area contributed by atoms with E-state index in [1.807, 2.05) is 12.1 Å². The van der Waals surface area contributed by atoms with Crippen LogP contribution in [0.3, 0.4) is 0 Å². The first-order valence-electron chi connectivity index (χ1n) is 8.61. The topological polar surface area (TPSA) is 50.8 Å². The number of halogens is 1. The Morgan fingerprint density at radius 1 is 1.19 bits per heavy atom. The first-order chi connectivity index (χ1) is 12.4. The van der Waals surface area contributed by atoms with E-state index in [4.69, 9.17) is 4.74 Å². The van der Waals surface area contributed by atoms with Crippen LogP contribution in [-0.4, -0.2) is 24.2 Å². The molecule has 0 atom stereocenters. The number of hydrogen-bond acceptors (Lipinski definition) is 3. The summed E-state index contributed by atoms with van der Waals surface area (Å²) >= 11 is 2.28. The third-order valence-corrected chi connectivity index (χ3v) is 6.68. The van der Waals surface area contributed by atoms with Crippen molar-refractivity contribution >= 4 is 41.6 Å². The molecule has 0 unspecified atom stereocenters. The van der Waals surface area contributed by atoms with Gasteiger partial charge in [-0.25, -0.2) is 0 Å². The Morgan fingerprint density at radius 3 is 2.58 bits per heavy atom. The molecule has 0 amide bonds. The molecule has 3 aromatic rings. The van der Waals surface area contributed by atoms with Crippen molar-refractivity contribution in [3.05, 3.63) is 51.9 Å². The Hall–Kier alpha value is -1.69. The molecular weight excluding hydrogens is 453 g/mol. The fourth-order valence-corrected chi connectivity index (χ4v) is 4.17. The molecule has 6 heteroatoms. The van der Waals surface area contributed by atoms with Gasteiger partial charge in [0.25, 0.3) is 0 Å². The minimum Gasteiger partial charge on any atom is -0.361 e. The molecule has 0 aliphatic carbocycles. The SMILES string of the molecule is C[Si](C)(C)CCOCn1c(-c2ccncc2)c(C#N)c2cc(I)ccc21. The van der Waals surface area contributed by atoms with Crippen LogP contribution in [0.1, 0.15) is 5.56 Å². The number of aromatic nitrogens is 2. The monoisotopic (exact) mass is 475 g/mol. The molecule has 0 aliphatic heterocycles. The Morgan fingerprint density at radius 2 is 1.92 bits per heavy atom. The van der Waals surface area contributed by atoms with Gasteiger partial charge in [-0.15, -0.1) is 0 Å². The highest BCUT2D eigenvalue weighted by Gasteiger charge is 2.19. The maximum Gasteiger partial charge on any atom is 0.123 e. The van der Waals surface area contributed by atoms with Crippen LogP contribution in [0.5, 0.6) is 0 Å². The minimum absolute atomic E-state index is 0.445. The van der Waals surface area contributed by atoms with Gasteiger partial charge in [0.1, 0.15) is 12.8 Å². The van der Waals surface area contributed by atoms with Gasteiger partial charge in [0.15, 0.2) is 0 Å². The van der Waals surface area contributed by atoms with Crippen molar-refractivity contribution in [1.82, 2.24) is 9.55 Å². The molecular formula is C20H22IN3OSi. The number of hydrogen-bond donors (Lipinski definition) is 0. The van der Waals surface area contributed by atoms with E-state index >= 15 is 0 Å². The molecule has 134 valence electrons. The van der Waals surface area contributed by atoms with E-state index in [0.717, 1.165) is 38.4 Å². The van der Waals surface area contributed by atoms with Crippen molar-refractivity contribution in [2.75, 3.05) is 6.61 Å². The summed E-state index contributed by atoms with van der Waals surface area (Å²) in [5.74, 6) is 0. The number of nitrogens with zero attached hydrogens (tertiary/aromatic N) is 3. The van der Waals surface area contributed by atoms with E-state index < -0.39 is 8.07 Å². The molecule has 0 saturated carbocycles. The second-order valence-electron chi connectivity index (χ2n) is 7.51. The van der Waals surface area contributed by atoms with Crippen molar-refractivity contribution in [1.29, 1.82) is 5.26 Å². The van der Waals surface area contributed by atoms with Gasteiger partial charge in [0.05, 0.1) is 16.8 Å². The van der Waals surface area contributed by atoms with E-state index in [1.54, 1.807) is 12.4 Å². The molecule has 0 fully saturated rings. The second-order valence-corrected chi connectivity index (χ2v) is 14.4. The lowest BCUT2D eigenvalue weighted by Crippen LogP contribution is -2.22. The summed E-state index contributed by atoms with van der Waals surface area (Å²) in [4.78, 5) is 4.11. The van der Waals surface area contributed by atoms with Gasteiger partial charge < -0.3 is 9.30 Å². The highest BCUT2D eigenvalue weighted by Crippen LogP contribution is 2.34. The fraction of sp³-hybridized carbons (Fsp3) is 0.300. The van der Waals surface area contributed by atoms with Crippen molar-refractivity contribution < 1.29 is 4.74 Å². The third kappa shape index (κ3) is 4.17. The highest BCUT2D eigenvalue weighted by atomic mass is 127. The summed E-state index contributed by atoms with van der Waals surface area (Å²) in [6, 6.07) is 13.6. The molecule has 1 aromatic carbocycles. The van der Waals surface area contributed by atoms with Crippen molar-refractivity contribution in [2.45, 2.75) is 32.4 Å². The summed E-state index contributed by atoms with van der Waals surface area (Å²) in [7, 11) is -1.13. The summed E-state index contributed by atoms with van der Waals surface area (Å²) in [6.07, 6.45) is 3.52. The molecule has 0 aliphatic rings. The molecule has 0 saturated heterocycles. The first-order valence-corrected chi connectivity index (χ1v) is 13.4. The minimum atomic E-state index is -1.13. The quantitative estimate of drug-likeness (QED) is 0.269. The number of benzene rings is 1. The molecule has 26 heavy (non-hydrogen) atoms. The van der Waals surface area contributed by atoms with E-state index in [-0.39, 0.29) is 0 Å². The maximum absolute atomic E-state index is 9.84. The summed E-state index contributed by atoms with van der Waals surface area (Å²) < 4.78 is 9.25. The zero-order valence-electron chi connectivity index (χ0n) is 15.3. The van der Waals surface area contributed by atoms with Crippen LogP contribution in [0.15, 0.2) is 42.7 Å². The number of fused-ring (bicyclic) bond motifs is 1. The molecule has 2 heterocycles. The summed E-state index contributed by atoms with van der Waals surface area (Å²) in [5, 5.41) is 10.8. The zero-order valence-corrected chi connectivity index (χ0v) is 18.4. The van der Waals surface area contributed by atoms with Gasteiger partial charge in [0.2, 0.25) is 0 Å². The average molecular weight is 475 g/mol. The van der Waals surface area contributed by atoms with Crippen LogP contribution in [-0.2, 0) is 11.5 Å². The summed E-state index contributed by atoms with van der Waals surface area (Å²) in [6.45, 7) is 8.23. The van der Waals surface area contributed by atoms with Crippen molar-refractivity contribution in [2.24, 2.45) is 0 Å². The third-order valence-electron chi connectivity index (χ3n) is 4.31. The van der Waals surface area contributed by atoms with E-state index in [2.05, 4.69) is 76.1 Å². The Balaban J connectivity index is 2.06. The van der Waals surface area contributed by atoms with E-state index in [0.29, 0.717) is 12.3 Å². The second kappa shape index (κ2) is 7.90. The highest BCUT2D eigenvalue weighted by molar-refractivity contribution is 14.1. The smallest absolute Gasteiger partial charge is 0.123 e. The van der Waals surface area contributed by atoms with Gasteiger partial charge in [-0.1, -0.05) is 19.6 Å². The predicted octanol–water partition coefficient (Wildman–Crippen LogP) is 5.49. The number of ether oxygens (including phenoxy) is 1. The van der Waals surface area contributed by atoms with Gasteiger partial charge in [-0.3, -0.25) is 4.98 Å². The van der Waals surface area contributed by atoms with Crippen molar-refractivity contribution in [3.63, 3.8) is 0 Å². The van der Waals surface area contributed by atoms with Gasteiger partial charge in [-0.05, 0) is 59.0 Å². The largest absolute Gasteiger partial charge is 0.361 e. The standard InChI is InChI=1S/C20H22IN3OSi/c1-26(2,3)11-10-25-14-24-19-5-4-16(21)12-17(19)18(13-22)20(24)15-6-8-23-9-7-15/h4-9,12H,10-11,14H2,1-3H3. The molecule has 3 rings (SSSR count). The number of pyridine rings is 1. The molecule has 0 radical (unpaired) electrons. The van der Waals surface area contributed by atoms with Crippen LogP contribution in [0, 0.1) is 14.9 Å². The Bertz CT molecular complexity index is 955. The number of nitriles is 1. The molecule has 2 aromatic heterocycles. The van der Waals surface area contributed by atoms with E-state index in [9.17, 15) is 5.26 Å². The predicted molar refractivity (Wildman–Crippen MR) is 117 cm³/mol. The maximum atomic E-state index is 9.84. The Labute approximate surface area is 169 Å². The molecule has 4 nitrogen and oxygen atoms in total. The number of rotatable bonds is 6. The lowest BCUT2D eigenvalue weighted by atomic mass is 10.1. The van der Waals surface area contributed by atoms with E-state index in [1.165, 1.54) is 0 Å². The summed E-state index contributed by atoms with van der Waals surface area (Å²) in [5.41, 5.74) is 3.61. The molecule has 0 spiro atoms. The van der Waals surface area contributed by atoms with Crippen LogP contribution in [0.2, 0.25) is 25.7 Å². The van der Waals surface area contributed by atoms with Gasteiger partial charge >= 0.3 is 0 Å². The van der Waals surface area contributed by atoms with Crippen LogP contribution in [0.4, 0.5) is 0 Å². The van der Waals surface area contributed by atoms with Gasteiger partial charge in [0, 0.05) is 41.6 Å². The van der Waals surface area contributed by atoms with Crippen molar-refractivity contribution in [3.8, 4) is 17.3 Å². The fourth-order valence-electron chi connectivity index (χ4n) is 2.92. The van der Waals surface area contributed by atoms with Crippen LogP contribution >= 0.6 is 22.6 Å². The van der Waals surface area contributed by atoms with Crippen LogP contribution < -0.4 is 0 Å². The molecule has 0 bridgehead atoms. The normalized spacial score (nSPS) is 11.7.